The number of alkyl halides is 1. The maximum Gasteiger partial charge on any atom is 0.414 e. The summed E-state index contributed by atoms with van der Waals surface area (Å²) in [5, 5.41) is 11.6. The number of allylic oxidation sites excluding steroid dienone is 1. The molecule has 2 saturated heterocycles. The van der Waals surface area contributed by atoms with Crippen molar-refractivity contribution in [3.63, 3.8) is 0 Å². The lowest BCUT2D eigenvalue weighted by atomic mass is 10.0. The van der Waals surface area contributed by atoms with Crippen LogP contribution < -0.4 is 15.1 Å². The molecule has 1 aromatic rings. The zero-order chi connectivity index (χ0) is 20.1. The molecule has 148 valence electrons. The Labute approximate surface area is 170 Å². The predicted octanol–water partition coefficient (Wildman–Crippen LogP) is 2.71. The van der Waals surface area contributed by atoms with Crippen molar-refractivity contribution in [3.05, 3.63) is 35.7 Å². The number of halogens is 2. The van der Waals surface area contributed by atoms with Gasteiger partial charge >= 0.3 is 6.09 Å². The zero-order valence-electron chi connectivity index (χ0n) is 15.2. The second kappa shape index (κ2) is 9.06. The van der Waals surface area contributed by atoms with Crippen molar-refractivity contribution in [2.75, 3.05) is 41.3 Å². The molecule has 0 saturated carbocycles. The summed E-state index contributed by atoms with van der Waals surface area (Å²) in [4.78, 5) is 26.7. The number of hydrogen-bond acceptors (Lipinski definition) is 5. The topological polar surface area (TPSA) is 85.7 Å². The third-order valence-electron chi connectivity index (χ3n) is 4.78. The van der Waals surface area contributed by atoms with E-state index in [1.807, 2.05) is 11.0 Å². The minimum Gasteiger partial charge on any atom is -0.442 e. The molecule has 0 aromatic heterocycles. The van der Waals surface area contributed by atoms with Gasteiger partial charge in [0.25, 0.3) is 0 Å². The molecule has 2 fully saturated rings. The first-order chi connectivity index (χ1) is 13.5. The smallest absolute Gasteiger partial charge is 0.414 e. The van der Waals surface area contributed by atoms with Crippen LogP contribution >= 0.6 is 15.9 Å². The number of rotatable bonds is 5. The Balaban J connectivity index is 1.64. The fraction of sp³-hybridized carbons (Fsp3) is 0.421. The summed E-state index contributed by atoms with van der Waals surface area (Å²) >= 11 is 3.05. The van der Waals surface area contributed by atoms with Crippen LogP contribution in [0.25, 0.3) is 0 Å². The first kappa shape index (κ1) is 20.1. The molecule has 28 heavy (non-hydrogen) atoms. The maximum absolute atomic E-state index is 14.7. The van der Waals surface area contributed by atoms with Crippen LogP contribution in [-0.4, -0.2) is 49.6 Å². The number of nitrogens with one attached hydrogen (secondary N) is 1. The van der Waals surface area contributed by atoms with Gasteiger partial charge in [-0.05, 0) is 31.0 Å². The highest BCUT2D eigenvalue weighted by Crippen LogP contribution is 2.30. The van der Waals surface area contributed by atoms with E-state index in [-0.39, 0.29) is 24.3 Å². The van der Waals surface area contributed by atoms with Crippen molar-refractivity contribution in [1.82, 2.24) is 5.32 Å². The normalized spacial score (nSPS) is 19.2. The number of nitriles is 1. The summed E-state index contributed by atoms with van der Waals surface area (Å²) in [5.74, 6) is -0.603. The number of hydrogen-bond donors (Lipinski definition) is 1. The van der Waals surface area contributed by atoms with Crippen LogP contribution in [-0.2, 0) is 9.53 Å². The number of carbonyl (C=O) groups is 2. The van der Waals surface area contributed by atoms with Crippen molar-refractivity contribution in [1.29, 1.82) is 5.26 Å². The summed E-state index contributed by atoms with van der Waals surface area (Å²) in [7, 11) is 0. The van der Waals surface area contributed by atoms with Gasteiger partial charge in [0, 0.05) is 19.2 Å². The van der Waals surface area contributed by atoms with Crippen molar-refractivity contribution in [2.24, 2.45) is 0 Å². The van der Waals surface area contributed by atoms with Gasteiger partial charge in [0.1, 0.15) is 11.9 Å². The Morgan fingerprint density at radius 2 is 2.18 bits per heavy atom. The van der Waals surface area contributed by atoms with E-state index in [0.29, 0.717) is 24.5 Å². The summed E-state index contributed by atoms with van der Waals surface area (Å²) in [5.41, 5.74) is 1.98. The lowest BCUT2D eigenvalue weighted by Crippen LogP contribution is -2.35. The van der Waals surface area contributed by atoms with Crippen LogP contribution in [0, 0.1) is 17.1 Å². The van der Waals surface area contributed by atoms with Crippen molar-refractivity contribution < 1.29 is 18.7 Å². The van der Waals surface area contributed by atoms with Gasteiger partial charge in [-0.15, -0.1) is 0 Å². The van der Waals surface area contributed by atoms with E-state index >= 15 is 0 Å². The molecule has 0 bridgehead atoms. The van der Waals surface area contributed by atoms with Gasteiger partial charge in [0.05, 0.1) is 35.9 Å². The second-order valence-electron chi connectivity index (χ2n) is 6.61. The van der Waals surface area contributed by atoms with Crippen molar-refractivity contribution >= 4 is 39.3 Å². The van der Waals surface area contributed by atoms with Crippen LogP contribution in [0.1, 0.15) is 12.8 Å². The van der Waals surface area contributed by atoms with E-state index in [2.05, 4.69) is 21.2 Å². The van der Waals surface area contributed by atoms with Crippen LogP contribution in [0.15, 0.2) is 29.8 Å². The Hall–Kier alpha value is -2.60. The molecule has 2 aliphatic heterocycles. The molecule has 9 heteroatoms. The average molecular weight is 451 g/mol. The molecule has 1 atom stereocenters. The van der Waals surface area contributed by atoms with Crippen LogP contribution in [0.5, 0.6) is 0 Å². The van der Waals surface area contributed by atoms with E-state index < -0.39 is 18.0 Å². The number of ether oxygens (including phenoxy) is 1. The summed E-state index contributed by atoms with van der Waals surface area (Å²) in [6.45, 7) is 1.74. The number of cyclic esters (lactones) is 1. The van der Waals surface area contributed by atoms with Gasteiger partial charge in [-0.3, -0.25) is 9.69 Å². The fourth-order valence-corrected chi connectivity index (χ4v) is 3.50. The van der Waals surface area contributed by atoms with E-state index in [4.69, 9.17) is 10.00 Å². The molecule has 3 rings (SSSR count). The maximum atomic E-state index is 14.7. The van der Waals surface area contributed by atoms with E-state index in [1.165, 1.54) is 11.0 Å². The molecule has 2 amide bonds. The molecular weight excluding hydrogens is 431 g/mol. The largest absolute Gasteiger partial charge is 0.442 e. The molecule has 0 aliphatic carbocycles. The van der Waals surface area contributed by atoms with Gasteiger partial charge in [-0.1, -0.05) is 21.5 Å². The molecule has 0 spiro atoms. The molecule has 1 N–H and O–H groups in total. The molecule has 7 nitrogen and oxygen atoms in total. The first-order valence-corrected chi connectivity index (χ1v) is 10.1. The van der Waals surface area contributed by atoms with Crippen molar-refractivity contribution in [3.8, 4) is 6.07 Å². The van der Waals surface area contributed by atoms with Crippen LogP contribution in [0.4, 0.5) is 20.6 Å². The van der Waals surface area contributed by atoms with Gasteiger partial charge in [0.15, 0.2) is 0 Å². The highest BCUT2D eigenvalue weighted by Gasteiger charge is 2.33. The minimum atomic E-state index is -0.561. The van der Waals surface area contributed by atoms with Gasteiger partial charge in [-0.2, -0.15) is 5.26 Å². The number of nitrogens with zero attached hydrogens (tertiary/aromatic N) is 3. The Kier molecular flexibility index (Phi) is 6.52. The zero-order valence-corrected chi connectivity index (χ0v) is 16.7. The first-order valence-electron chi connectivity index (χ1n) is 8.94. The number of anilines is 2. The van der Waals surface area contributed by atoms with Crippen LogP contribution in [0.3, 0.4) is 0 Å². The Bertz CT molecular complexity index is 829. The fourth-order valence-electron chi connectivity index (χ4n) is 3.30. The summed E-state index contributed by atoms with van der Waals surface area (Å²) < 4.78 is 19.9. The molecule has 2 aliphatic rings. The second-order valence-corrected chi connectivity index (χ2v) is 7.17. The number of piperidine rings is 1. The summed E-state index contributed by atoms with van der Waals surface area (Å²) in [6.07, 6.45) is 1.98. The molecular formula is C19H20BrFN4O3. The number of benzene rings is 1. The Morgan fingerprint density at radius 1 is 1.43 bits per heavy atom. The SMILES string of the molecule is N#CC=C1CCN(c2ccc(N3C[C@H](CNC(=O)CBr)OC3=O)cc2F)CC1. The summed E-state index contributed by atoms with van der Waals surface area (Å²) in [6, 6.07) is 6.73. The van der Waals surface area contributed by atoms with Crippen LogP contribution in [0.2, 0.25) is 0 Å². The molecule has 0 radical (unpaired) electrons. The third kappa shape index (κ3) is 4.62. The van der Waals surface area contributed by atoms with Crippen molar-refractivity contribution in [2.45, 2.75) is 18.9 Å². The van der Waals surface area contributed by atoms with E-state index in [1.54, 1.807) is 18.2 Å². The molecule has 2 heterocycles. The highest BCUT2D eigenvalue weighted by atomic mass is 79.9. The van der Waals surface area contributed by atoms with Gasteiger partial charge < -0.3 is 15.0 Å². The quantitative estimate of drug-likeness (QED) is 0.550. The lowest BCUT2D eigenvalue weighted by Gasteiger charge is -2.30. The predicted molar refractivity (Wildman–Crippen MR) is 106 cm³/mol. The third-order valence-corrected chi connectivity index (χ3v) is 5.29. The minimum absolute atomic E-state index is 0.175. The lowest BCUT2D eigenvalue weighted by molar-refractivity contribution is -0.118. The number of amides is 2. The van der Waals surface area contributed by atoms with Gasteiger partial charge in [-0.25, -0.2) is 9.18 Å². The average Bonchev–Trinajstić information content (AvgIpc) is 3.07. The number of carbonyl (C=O) groups excluding carboxylic acids is 2. The highest BCUT2D eigenvalue weighted by molar-refractivity contribution is 9.09. The monoisotopic (exact) mass is 450 g/mol. The standard InChI is InChI=1S/C19H20BrFN4O3/c20-10-18(26)23-11-15-12-25(19(27)28-15)14-1-2-17(16(21)9-14)24-7-4-13(3-6-22)5-8-24/h1-3,9,15H,4-5,7-8,10-12H2,(H,23,26)/t15-/m0/s1. The molecule has 0 unspecified atom stereocenters. The van der Waals surface area contributed by atoms with Gasteiger partial charge in [0.2, 0.25) is 5.91 Å². The van der Waals surface area contributed by atoms with E-state index in [0.717, 1.165) is 18.4 Å². The molecule has 1 aromatic carbocycles. The van der Waals surface area contributed by atoms with E-state index in [9.17, 15) is 14.0 Å². The Morgan fingerprint density at radius 3 is 2.82 bits per heavy atom.